The van der Waals surface area contributed by atoms with E-state index >= 15 is 0 Å². The van der Waals surface area contributed by atoms with Gasteiger partial charge in [-0.2, -0.15) is 0 Å². The minimum atomic E-state index is -0.708. The van der Waals surface area contributed by atoms with Crippen LogP contribution in [-0.4, -0.2) is 29.3 Å². The Morgan fingerprint density at radius 2 is 1.90 bits per heavy atom. The number of hydrogen-bond acceptors (Lipinski definition) is 3. The lowest BCUT2D eigenvalue weighted by Crippen LogP contribution is -2.40. The molecule has 1 aliphatic carbocycles. The van der Waals surface area contributed by atoms with Crippen molar-refractivity contribution in [3.05, 3.63) is 35.4 Å². The molecule has 1 saturated carbocycles. The molecular weight excluding hydrogens is 266 g/mol. The van der Waals surface area contributed by atoms with E-state index in [1.165, 1.54) is 0 Å². The van der Waals surface area contributed by atoms with Gasteiger partial charge in [-0.3, -0.25) is 4.79 Å². The molecule has 2 rings (SSSR count). The second kappa shape index (κ2) is 7.05. The van der Waals surface area contributed by atoms with Gasteiger partial charge in [0.1, 0.15) is 0 Å². The summed E-state index contributed by atoms with van der Waals surface area (Å²) in [6.07, 6.45) is 3.82. The molecule has 0 aliphatic heterocycles. The summed E-state index contributed by atoms with van der Waals surface area (Å²) in [7, 11) is 0. The molecule has 21 heavy (non-hydrogen) atoms. The maximum absolute atomic E-state index is 12.1. The zero-order valence-electron chi connectivity index (χ0n) is 12.9. The predicted molar refractivity (Wildman–Crippen MR) is 82.1 cm³/mol. The van der Waals surface area contributed by atoms with E-state index in [1.54, 1.807) is 12.1 Å². The van der Waals surface area contributed by atoms with Crippen molar-refractivity contribution < 1.29 is 14.6 Å². The maximum atomic E-state index is 12.1. The first kappa shape index (κ1) is 16.0. The summed E-state index contributed by atoms with van der Waals surface area (Å²) >= 11 is 0. The smallest absolute Gasteiger partial charge is 0.251 e. The van der Waals surface area contributed by atoms with Crippen molar-refractivity contribution in [2.45, 2.75) is 57.8 Å². The normalized spacial score (nSPS) is 17.1. The van der Waals surface area contributed by atoms with Crippen molar-refractivity contribution in [2.75, 3.05) is 6.54 Å². The van der Waals surface area contributed by atoms with Gasteiger partial charge in [0.2, 0.25) is 0 Å². The van der Waals surface area contributed by atoms with Gasteiger partial charge in [-0.05, 0) is 44.4 Å². The lowest BCUT2D eigenvalue weighted by atomic mass is 10.0. The lowest BCUT2D eigenvalue weighted by Gasteiger charge is -2.22. The SMILES string of the molecule is CC(C)OCc1ccc(C(=O)NCC2(O)CCCC2)cc1. The van der Waals surface area contributed by atoms with Crippen LogP contribution in [-0.2, 0) is 11.3 Å². The zero-order valence-corrected chi connectivity index (χ0v) is 12.9. The summed E-state index contributed by atoms with van der Waals surface area (Å²) < 4.78 is 5.52. The van der Waals surface area contributed by atoms with Gasteiger partial charge in [-0.25, -0.2) is 0 Å². The molecule has 1 amide bonds. The molecule has 0 aromatic heterocycles. The highest BCUT2D eigenvalue weighted by atomic mass is 16.5. The maximum Gasteiger partial charge on any atom is 0.251 e. The molecule has 0 atom stereocenters. The van der Waals surface area contributed by atoms with Crippen LogP contribution in [0.15, 0.2) is 24.3 Å². The van der Waals surface area contributed by atoms with Crippen molar-refractivity contribution in [2.24, 2.45) is 0 Å². The van der Waals surface area contributed by atoms with Crippen molar-refractivity contribution in [1.29, 1.82) is 0 Å². The molecule has 1 aliphatic rings. The van der Waals surface area contributed by atoms with Crippen LogP contribution in [0.4, 0.5) is 0 Å². The molecule has 0 unspecified atom stereocenters. The molecule has 1 fully saturated rings. The van der Waals surface area contributed by atoms with Crippen LogP contribution in [0.25, 0.3) is 0 Å². The van der Waals surface area contributed by atoms with Gasteiger partial charge in [-0.1, -0.05) is 25.0 Å². The van der Waals surface area contributed by atoms with E-state index in [2.05, 4.69) is 5.32 Å². The quantitative estimate of drug-likeness (QED) is 0.847. The Hall–Kier alpha value is -1.39. The first-order chi connectivity index (χ1) is 9.98. The number of aliphatic hydroxyl groups is 1. The fourth-order valence-electron chi connectivity index (χ4n) is 2.57. The first-order valence-electron chi connectivity index (χ1n) is 7.70. The Morgan fingerprint density at radius 1 is 1.29 bits per heavy atom. The third kappa shape index (κ3) is 4.83. The van der Waals surface area contributed by atoms with E-state index in [0.717, 1.165) is 31.2 Å². The number of hydrogen-bond donors (Lipinski definition) is 2. The lowest BCUT2D eigenvalue weighted by molar-refractivity contribution is 0.0449. The van der Waals surface area contributed by atoms with Crippen LogP contribution in [0, 0.1) is 0 Å². The summed E-state index contributed by atoms with van der Waals surface area (Å²) in [6.45, 7) is 4.88. The number of carbonyl (C=O) groups excluding carboxylic acids is 1. The molecule has 4 nitrogen and oxygen atoms in total. The standard InChI is InChI=1S/C17H25NO3/c1-13(2)21-11-14-5-7-15(8-6-14)16(19)18-12-17(20)9-3-4-10-17/h5-8,13,20H,3-4,9-12H2,1-2H3,(H,18,19). The number of benzene rings is 1. The van der Waals surface area contributed by atoms with Gasteiger partial charge in [0.25, 0.3) is 5.91 Å². The van der Waals surface area contributed by atoms with Gasteiger partial charge in [0.15, 0.2) is 0 Å². The summed E-state index contributed by atoms with van der Waals surface area (Å²) in [5.41, 5.74) is 0.959. The van der Waals surface area contributed by atoms with Crippen molar-refractivity contribution >= 4 is 5.91 Å². The van der Waals surface area contributed by atoms with Crippen molar-refractivity contribution in [3.8, 4) is 0 Å². The Kier molecular flexibility index (Phi) is 5.37. The van der Waals surface area contributed by atoms with E-state index in [4.69, 9.17) is 4.74 Å². The van der Waals surface area contributed by atoms with Crippen LogP contribution in [0.1, 0.15) is 55.5 Å². The Morgan fingerprint density at radius 3 is 2.48 bits per heavy atom. The van der Waals surface area contributed by atoms with Crippen LogP contribution >= 0.6 is 0 Å². The molecule has 1 aromatic rings. The average Bonchev–Trinajstić information content (AvgIpc) is 2.90. The van der Waals surface area contributed by atoms with Crippen LogP contribution < -0.4 is 5.32 Å². The van der Waals surface area contributed by atoms with Gasteiger partial charge in [-0.15, -0.1) is 0 Å². The molecule has 1 aromatic carbocycles. The first-order valence-corrected chi connectivity index (χ1v) is 7.70. The molecule has 0 bridgehead atoms. The zero-order chi connectivity index (χ0) is 15.3. The number of nitrogens with one attached hydrogen (secondary N) is 1. The van der Waals surface area contributed by atoms with Gasteiger partial charge in [0, 0.05) is 12.1 Å². The largest absolute Gasteiger partial charge is 0.388 e. The highest BCUT2D eigenvalue weighted by Gasteiger charge is 2.31. The van der Waals surface area contributed by atoms with Crippen LogP contribution in [0.2, 0.25) is 0 Å². The Balaban J connectivity index is 1.84. The third-order valence-electron chi connectivity index (χ3n) is 3.91. The third-order valence-corrected chi connectivity index (χ3v) is 3.91. The molecule has 116 valence electrons. The highest BCUT2D eigenvalue weighted by molar-refractivity contribution is 5.94. The van der Waals surface area contributed by atoms with E-state index < -0.39 is 5.60 Å². The van der Waals surface area contributed by atoms with E-state index in [9.17, 15) is 9.90 Å². The Labute approximate surface area is 126 Å². The van der Waals surface area contributed by atoms with E-state index in [0.29, 0.717) is 18.7 Å². The number of ether oxygens (including phenoxy) is 1. The molecule has 4 heteroatoms. The van der Waals surface area contributed by atoms with Crippen molar-refractivity contribution in [1.82, 2.24) is 5.32 Å². The molecule has 0 spiro atoms. The summed E-state index contributed by atoms with van der Waals surface area (Å²) in [6, 6.07) is 7.41. The topological polar surface area (TPSA) is 58.6 Å². The molecular formula is C17H25NO3. The van der Waals surface area contributed by atoms with Crippen LogP contribution in [0.3, 0.4) is 0 Å². The number of rotatable bonds is 6. The average molecular weight is 291 g/mol. The van der Waals surface area contributed by atoms with Crippen LogP contribution in [0.5, 0.6) is 0 Å². The van der Waals surface area contributed by atoms with Gasteiger partial charge in [0.05, 0.1) is 18.3 Å². The van der Waals surface area contributed by atoms with E-state index in [-0.39, 0.29) is 12.0 Å². The fraction of sp³-hybridized carbons (Fsp3) is 0.588. The predicted octanol–water partition coefficient (Wildman–Crippen LogP) is 2.65. The van der Waals surface area contributed by atoms with Crippen molar-refractivity contribution in [3.63, 3.8) is 0 Å². The molecule has 2 N–H and O–H groups in total. The molecule has 0 heterocycles. The second-order valence-corrected chi connectivity index (χ2v) is 6.17. The second-order valence-electron chi connectivity index (χ2n) is 6.17. The monoisotopic (exact) mass is 291 g/mol. The number of amides is 1. The minimum Gasteiger partial charge on any atom is -0.388 e. The summed E-state index contributed by atoms with van der Waals surface area (Å²) in [5, 5.41) is 13.1. The Bertz CT molecular complexity index is 461. The van der Waals surface area contributed by atoms with E-state index in [1.807, 2.05) is 26.0 Å². The summed E-state index contributed by atoms with van der Waals surface area (Å²) in [4.78, 5) is 12.1. The number of carbonyl (C=O) groups is 1. The highest BCUT2D eigenvalue weighted by Crippen LogP contribution is 2.28. The van der Waals surface area contributed by atoms with Gasteiger partial charge < -0.3 is 15.2 Å². The van der Waals surface area contributed by atoms with Gasteiger partial charge >= 0.3 is 0 Å². The summed E-state index contributed by atoms with van der Waals surface area (Å²) in [5.74, 6) is -0.133. The molecule has 0 saturated heterocycles. The minimum absolute atomic E-state index is 0.133. The molecule has 0 radical (unpaired) electrons. The fourth-order valence-corrected chi connectivity index (χ4v) is 2.57.